The van der Waals surface area contributed by atoms with E-state index in [1.165, 1.54) is 0 Å². The minimum absolute atomic E-state index is 0.571. The highest BCUT2D eigenvalue weighted by atomic mass is 35.5. The first-order valence-electron chi connectivity index (χ1n) is 4.80. The zero-order valence-corrected chi connectivity index (χ0v) is 10.6. The Morgan fingerprint density at radius 3 is 2.40 bits per heavy atom. The van der Waals surface area contributed by atoms with Crippen molar-refractivity contribution in [1.82, 2.24) is 0 Å². The Kier molecular flexibility index (Phi) is 5.06. The van der Waals surface area contributed by atoms with Crippen LogP contribution < -0.4 is 4.74 Å². The van der Waals surface area contributed by atoms with Crippen LogP contribution in [0.2, 0.25) is 5.02 Å². The maximum Gasteiger partial charge on any atom is 0.120 e. The van der Waals surface area contributed by atoms with E-state index in [0.29, 0.717) is 6.61 Å². The average molecular weight is 243 g/mol. The molecule has 0 fully saturated rings. The van der Waals surface area contributed by atoms with E-state index in [0.717, 1.165) is 27.7 Å². The Hall–Kier alpha value is -0.600. The number of hydrogen-bond acceptors (Lipinski definition) is 2. The van der Waals surface area contributed by atoms with Gasteiger partial charge in [0.15, 0.2) is 0 Å². The van der Waals surface area contributed by atoms with E-state index in [4.69, 9.17) is 16.3 Å². The zero-order valence-electron chi connectivity index (χ0n) is 8.96. The lowest BCUT2D eigenvalue weighted by molar-refractivity contribution is 0.362. The second-order valence-corrected chi connectivity index (χ2v) is 4.08. The molecule has 0 heterocycles. The normalized spacial score (nSPS) is 10.9. The summed E-state index contributed by atoms with van der Waals surface area (Å²) < 4.78 is 5.55. The van der Waals surface area contributed by atoms with Crippen molar-refractivity contribution in [1.29, 1.82) is 0 Å². The van der Waals surface area contributed by atoms with Gasteiger partial charge in [-0.3, -0.25) is 0 Å². The molecule has 1 nitrogen and oxygen atoms in total. The fourth-order valence-electron chi connectivity index (χ4n) is 1.28. The van der Waals surface area contributed by atoms with Crippen molar-refractivity contribution in [3.8, 4) is 5.75 Å². The summed E-state index contributed by atoms with van der Waals surface area (Å²) in [4.78, 5) is 0. The van der Waals surface area contributed by atoms with E-state index in [1.807, 2.05) is 38.1 Å². The third-order valence-corrected chi connectivity index (χ3v) is 2.84. The van der Waals surface area contributed by atoms with E-state index >= 15 is 0 Å². The topological polar surface area (TPSA) is 9.23 Å². The van der Waals surface area contributed by atoms with Gasteiger partial charge in [0, 0.05) is 10.8 Å². The summed E-state index contributed by atoms with van der Waals surface area (Å²) in [5, 5.41) is 0.813. The van der Waals surface area contributed by atoms with Gasteiger partial charge in [-0.1, -0.05) is 23.8 Å². The van der Waals surface area contributed by atoms with E-state index in [9.17, 15) is 0 Å². The van der Waals surface area contributed by atoms with Crippen molar-refractivity contribution in [3.05, 3.63) is 40.4 Å². The van der Waals surface area contributed by atoms with Crippen molar-refractivity contribution < 1.29 is 4.74 Å². The Labute approximate surface area is 102 Å². The van der Waals surface area contributed by atoms with Gasteiger partial charge in [-0.25, -0.2) is 0 Å². The van der Waals surface area contributed by atoms with Crippen LogP contribution >= 0.6 is 24.2 Å². The van der Waals surface area contributed by atoms with Crippen molar-refractivity contribution in [3.63, 3.8) is 0 Å². The number of thiol groups is 1. The summed E-state index contributed by atoms with van der Waals surface area (Å²) in [6.07, 6.45) is 3.91. The van der Waals surface area contributed by atoms with E-state index in [2.05, 4.69) is 12.6 Å². The summed E-state index contributed by atoms with van der Waals surface area (Å²) in [6, 6.07) is 3.90. The van der Waals surface area contributed by atoms with Gasteiger partial charge in [0.25, 0.3) is 0 Å². The number of rotatable bonds is 4. The minimum atomic E-state index is 0.571. The van der Waals surface area contributed by atoms with Crippen LogP contribution in [0.15, 0.2) is 24.3 Å². The SMILES string of the molecule is Cc1cc(OCC=CCS)cc(C)c1Cl. The van der Waals surface area contributed by atoms with Crippen LogP contribution in [-0.4, -0.2) is 12.4 Å². The Bertz CT molecular complexity index is 338. The first-order chi connectivity index (χ1) is 7.15. The molecule has 0 N–H and O–H groups in total. The lowest BCUT2D eigenvalue weighted by atomic mass is 10.1. The summed E-state index contributed by atoms with van der Waals surface area (Å²) in [5.41, 5.74) is 2.09. The van der Waals surface area contributed by atoms with Gasteiger partial charge < -0.3 is 4.74 Å². The Morgan fingerprint density at radius 1 is 1.27 bits per heavy atom. The van der Waals surface area contributed by atoms with Crippen LogP contribution in [0.25, 0.3) is 0 Å². The van der Waals surface area contributed by atoms with Gasteiger partial charge in [0.05, 0.1) is 0 Å². The molecule has 0 saturated heterocycles. The van der Waals surface area contributed by atoms with Gasteiger partial charge >= 0.3 is 0 Å². The first-order valence-corrected chi connectivity index (χ1v) is 5.81. The molecule has 3 heteroatoms. The monoisotopic (exact) mass is 242 g/mol. The Balaban J connectivity index is 2.66. The second kappa shape index (κ2) is 6.09. The average Bonchev–Trinajstić information content (AvgIpc) is 2.21. The molecular weight excluding hydrogens is 228 g/mol. The zero-order chi connectivity index (χ0) is 11.3. The maximum absolute atomic E-state index is 6.05. The molecule has 0 aliphatic heterocycles. The van der Waals surface area contributed by atoms with Gasteiger partial charge in [0.2, 0.25) is 0 Å². The third-order valence-electron chi connectivity index (χ3n) is 2.03. The van der Waals surface area contributed by atoms with Crippen LogP contribution in [-0.2, 0) is 0 Å². The summed E-state index contributed by atoms with van der Waals surface area (Å²) >= 11 is 10.1. The molecule has 82 valence electrons. The molecule has 0 unspecified atom stereocenters. The van der Waals surface area contributed by atoms with Gasteiger partial charge in [-0.2, -0.15) is 12.6 Å². The van der Waals surface area contributed by atoms with Crippen molar-refractivity contribution in [2.75, 3.05) is 12.4 Å². The van der Waals surface area contributed by atoms with Crippen molar-refractivity contribution in [2.24, 2.45) is 0 Å². The predicted molar refractivity (Wildman–Crippen MR) is 69.4 cm³/mol. The molecule has 0 radical (unpaired) electrons. The minimum Gasteiger partial charge on any atom is -0.490 e. The van der Waals surface area contributed by atoms with E-state index in [1.54, 1.807) is 0 Å². The number of benzene rings is 1. The van der Waals surface area contributed by atoms with Gasteiger partial charge in [-0.05, 0) is 37.1 Å². The second-order valence-electron chi connectivity index (χ2n) is 3.34. The summed E-state index contributed by atoms with van der Waals surface area (Å²) in [6.45, 7) is 4.53. The molecule has 0 aromatic heterocycles. The van der Waals surface area contributed by atoms with E-state index in [-0.39, 0.29) is 0 Å². The number of hydrogen-bond donors (Lipinski definition) is 1. The number of halogens is 1. The smallest absolute Gasteiger partial charge is 0.120 e. The molecule has 0 atom stereocenters. The van der Waals surface area contributed by atoms with E-state index < -0.39 is 0 Å². The van der Waals surface area contributed by atoms with Crippen LogP contribution in [0, 0.1) is 13.8 Å². The van der Waals surface area contributed by atoms with Crippen LogP contribution in [0.1, 0.15) is 11.1 Å². The maximum atomic E-state index is 6.05. The van der Waals surface area contributed by atoms with Gasteiger partial charge in [0.1, 0.15) is 12.4 Å². The van der Waals surface area contributed by atoms with Crippen molar-refractivity contribution in [2.45, 2.75) is 13.8 Å². The number of aryl methyl sites for hydroxylation is 2. The van der Waals surface area contributed by atoms with Crippen molar-refractivity contribution >= 4 is 24.2 Å². The molecule has 0 saturated carbocycles. The summed E-state index contributed by atoms with van der Waals surface area (Å²) in [5.74, 6) is 1.60. The molecule has 15 heavy (non-hydrogen) atoms. The molecule has 0 aliphatic carbocycles. The fraction of sp³-hybridized carbons (Fsp3) is 0.333. The number of ether oxygens (including phenoxy) is 1. The Morgan fingerprint density at radius 2 is 1.87 bits per heavy atom. The lowest BCUT2D eigenvalue weighted by Gasteiger charge is -2.08. The predicted octanol–water partition coefficient (Wildman–Crippen LogP) is 3.82. The highest BCUT2D eigenvalue weighted by Crippen LogP contribution is 2.25. The first kappa shape index (κ1) is 12.5. The lowest BCUT2D eigenvalue weighted by Crippen LogP contribution is -1.95. The largest absolute Gasteiger partial charge is 0.490 e. The molecule has 0 aliphatic rings. The molecule has 1 aromatic rings. The molecule has 1 aromatic carbocycles. The molecule has 1 rings (SSSR count). The molecule has 0 spiro atoms. The molecular formula is C12H15ClOS. The van der Waals surface area contributed by atoms with Crippen LogP contribution in [0.4, 0.5) is 0 Å². The van der Waals surface area contributed by atoms with Crippen LogP contribution in [0.5, 0.6) is 5.75 Å². The van der Waals surface area contributed by atoms with Gasteiger partial charge in [-0.15, -0.1) is 0 Å². The standard InChI is InChI=1S/C12H15ClOS/c1-9-7-11(8-10(2)12(9)13)14-5-3-4-6-15/h3-4,7-8,15H,5-6H2,1-2H3. The third kappa shape index (κ3) is 3.80. The highest BCUT2D eigenvalue weighted by Gasteiger charge is 2.02. The molecule has 0 amide bonds. The molecule has 0 bridgehead atoms. The highest BCUT2D eigenvalue weighted by molar-refractivity contribution is 7.80. The quantitative estimate of drug-likeness (QED) is 0.624. The summed E-state index contributed by atoms with van der Waals surface area (Å²) in [7, 11) is 0. The van der Waals surface area contributed by atoms with Crippen LogP contribution in [0.3, 0.4) is 0 Å². The fourth-order valence-corrected chi connectivity index (χ4v) is 1.53.